The Balaban J connectivity index is 1.36. The molecule has 1 atom stereocenters. The number of halogens is 1. The van der Waals surface area contributed by atoms with Gasteiger partial charge in [-0.1, -0.05) is 13.0 Å². The van der Waals surface area contributed by atoms with Gasteiger partial charge in [-0.15, -0.1) is 0 Å². The molecule has 1 aromatic carbocycles. The molecule has 1 fully saturated rings. The quantitative estimate of drug-likeness (QED) is 0.373. The number of rotatable bonds is 6. The average molecular weight is 525 g/mol. The fourth-order valence-electron chi connectivity index (χ4n) is 4.63. The minimum atomic E-state index is -0.646. The van der Waals surface area contributed by atoms with Crippen LogP contribution in [0.5, 0.6) is 0 Å². The molecule has 4 heterocycles. The SMILES string of the molecule is CCc1cnc(N2CCN(c3ncc(-c4ccc(-n5cnn(CC#N)c5=O)c(F)c4)cc3C#N)C(C)C2)nc1. The summed E-state index contributed by atoms with van der Waals surface area (Å²) in [7, 11) is 0. The topological polar surface area (TPSA) is 133 Å². The van der Waals surface area contributed by atoms with E-state index in [2.05, 4.69) is 49.8 Å². The van der Waals surface area contributed by atoms with Crippen molar-refractivity contribution in [2.45, 2.75) is 32.9 Å². The molecule has 0 spiro atoms. The summed E-state index contributed by atoms with van der Waals surface area (Å²) in [6, 6.07) is 10.2. The highest BCUT2D eigenvalue weighted by Gasteiger charge is 2.28. The van der Waals surface area contributed by atoms with Crippen LogP contribution in [0.3, 0.4) is 0 Å². The highest BCUT2D eigenvalue weighted by atomic mass is 19.1. The molecule has 12 heteroatoms. The van der Waals surface area contributed by atoms with Gasteiger partial charge in [0.25, 0.3) is 0 Å². The highest BCUT2D eigenvalue weighted by Crippen LogP contribution is 2.29. The highest BCUT2D eigenvalue weighted by molar-refractivity contribution is 5.69. The molecule has 11 nitrogen and oxygen atoms in total. The van der Waals surface area contributed by atoms with Gasteiger partial charge in [0.15, 0.2) is 0 Å². The summed E-state index contributed by atoms with van der Waals surface area (Å²) in [4.78, 5) is 30.2. The molecule has 1 unspecified atom stereocenters. The fraction of sp³-hybridized carbons (Fsp3) is 0.296. The van der Waals surface area contributed by atoms with Gasteiger partial charge in [0.2, 0.25) is 5.95 Å². The summed E-state index contributed by atoms with van der Waals surface area (Å²) < 4.78 is 17.0. The number of pyridine rings is 1. The number of aromatic nitrogens is 6. The number of aryl methyl sites for hydroxylation is 1. The average Bonchev–Trinajstić information content (AvgIpc) is 3.32. The fourth-order valence-corrected chi connectivity index (χ4v) is 4.63. The lowest BCUT2D eigenvalue weighted by molar-refractivity contribution is 0.538. The van der Waals surface area contributed by atoms with Gasteiger partial charge in [0.1, 0.15) is 30.6 Å². The first-order chi connectivity index (χ1) is 18.9. The largest absolute Gasteiger partial charge is 0.351 e. The van der Waals surface area contributed by atoms with Gasteiger partial charge in [-0.05, 0) is 42.7 Å². The van der Waals surface area contributed by atoms with Gasteiger partial charge < -0.3 is 9.80 Å². The van der Waals surface area contributed by atoms with E-state index in [9.17, 15) is 10.1 Å². The zero-order valence-electron chi connectivity index (χ0n) is 21.5. The summed E-state index contributed by atoms with van der Waals surface area (Å²) in [6.07, 6.45) is 7.38. The summed E-state index contributed by atoms with van der Waals surface area (Å²) >= 11 is 0. The molecule has 196 valence electrons. The van der Waals surface area contributed by atoms with E-state index in [0.29, 0.717) is 48.1 Å². The molecule has 0 aliphatic carbocycles. The van der Waals surface area contributed by atoms with Gasteiger partial charge in [-0.25, -0.2) is 28.7 Å². The van der Waals surface area contributed by atoms with Crippen molar-refractivity contribution in [3.8, 4) is 29.0 Å². The second kappa shape index (κ2) is 10.7. The van der Waals surface area contributed by atoms with Crippen LogP contribution in [-0.4, -0.2) is 55.0 Å². The van der Waals surface area contributed by atoms with Crippen LogP contribution in [0.1, 0.15) is 25.0 Å². The molecule has 5 rings (SSSR count). The Morgan fingerprint density at radius 3 is 2.54 bits per heavy atom. The Bertz CT molecular complexity index is 1650. The molecule has 0 amide bonds. The standard InChI is InChI=1S/C27H25FN10O/c1-3-19-13-32-26(33-14-19)35-8-9-36(18(2)16-35)25-21(12-30)10-22(15-31-25)20-4-5-24(23(28)11-20)37-17-34-38(7-6-29)27(37)39/h4-5,10-11,13-15,17-18H,3,7-9,16H2,1-2H3. The molecule has 0 saturated carbocycles. The monoisotopic (exact) mass is 524 g/mol. The van der Waals surface area contributed by atoms with E-state index in [4.69, 9.17) is 5.26 Å². The molecule has 1 aliphatic rings. The van der Waals surface area contributed by atoms with Gasteiger partial charge >= 0.3 is 5.69 Å². The minimum Gasteiger partial charge on any atom is -0.349 e. The third kappa shape index (κ3) is 4.92. The van der Waals surface area contributed by atoms with E-state index in [-0.39, 0.29) is 18.3 Å². The summed E-state index contributed by atoms with van der Waals surface area (Å²) in [6.45, 7) is 5.90. The van der Waals surface area contributed by atoms with Crippen LogP contribution in [0.4, 0.5) is 16.2 Å². The third-order valence-electron chi connectivity index (χ3n) is 6.76. The molecule has 0 bridgehead atoms. The zero-order chi connectivity index (χ0) is 27.5. The third-order valence-corrected chi connectivity index (χ3v) is 6.76. The Kier molecular flexibility index (Phi) is 7.02. The Labute approximate surface area is 224 Å². The number of nitrogens with zero attached hydrogens (tertiary/aromatic N) is 10. The van der Waals surface area contributed by atoms with Crippen molar-refractivity contribution >= 4 is 11.8 Å². The minimum absolute atomic E-state index is 0.0121. The number of hydrogen-bond donors (Lipinski definition) is 0. The van der Waals surface area contributed by atoms with Crippen molar-refractivity contribution in [1.29, 1.82) is 10.5 Å². The van der Waals surface area contributed by atoms with E-state index in [0.717, 1.165) is 21.2 Å². The van der Waals surface area contributed by atoms with Gasteiger partial charge in [0, 0.05) is 49.8 Å². The van der Waals surface area contributed by atoms with Crippen molar-refractivity contribution in [3.63, 3.8) is 0 Å². The predicted molar refractivity (Wildman–Crippen MR) is 142 cm³/mol. The van der Waals surface area contributed by atoms with Gasteiger partial charge in [-0.3, -0.25) is 0 Å². The van der Waals surface area contributed by atoms with Crippen molar-refractivity contribution in [2.75, 3.05) is 29.4 Å². The van der Waals surface area contributed by atoms with Crippen LogP contribution in [-0.2, 0) is 13.0 Å². The number of nitriles is 2. The molecule has 0 N–H and O–H groups in total. The predicted octanol–water partition coefficient (Wildman–Crippen LogP) is 2.70. The van der Waals surface area contributed by atoms with Crippen LogP contribution in [0.25, 0.3) is 16.8 Å². The summed E-state index contributed by atoms with van der Waals surface area (Å²) in [5, 5.41) is 22.6. The van der Waals surface area contributed by atoms with Crippen molar-refractivity contribution in [1.82, 2.24) is 29.3 Å². The van der Waals surface area contributed by atoms with E-state index >= 15 is 4.39 Å². The number of hydrogen-bond acceptors (Lipinski definition) is 9. The molecule has 39 heavy (non-hydrogen) atoms. The maximum atomic E-state index is 15.0. The molecule has 3 aromatic heterocycles. The van der Waals surface area contributed by atoms with E-state index < -0.39 is 11.5 Å². The first kappa shape index (κ1) is 25.5. The van der Waals surface area contributed by atoms with E-state index in [1.807, 2.05) is 18.5 Å². The number of piperazine rings is 1. The first-order valence-corrected chi connectivity index (χ1v) is 12.5. The van der Waals surface area contributed by atoms with Crippen LogP contribution in [0, 0.1) is 28.5 Å². The van der Waals surface area contributed by atoms with Gasteiger partial charge in [0.05, 0.1) is 17.3 Å². The van der Waals surface area contributed by atoms with Crippen LogP contribution < -0.4 is 15.5 Å². The summed E-state index contributed by atoms with van der Waals surface area (Å²) in [5.74, 6) is 0.615. The van der Waals surface area contributed by atoms with Crippen molar-refractivity contribution in [3.05, 3.63) is 76.6 Å². The molecule has 4 aromatic rings. The lowest BCUT2D eigenvalue weighted by Gasteiger charge is -2.40. The van der Waals surface area contributed by atoms with Crippen molar-refractivity contribution < 1.29 is 4.39 Å². The first-order valence-electron chi connectivity index (χ1n) is 12.5. The smallest absolute Gasteiger partial charge is 0.349 e. The van der Waals surface area contributed by atoms with Gasteiger partial charge in [-0.2, -0.15) is 20.3 Å². The maximum absolute atomic E-state index is 15.0. The van der Waals surface area contributed by atoms with E-state index in [1.54, 1.807) is 18.3 Å². The Hall–Kier alpha value is -5.10. The Morgan fingerprint density at radius 2 is 1.87 bits per heavy atom. The zero-order valence-corrected chi connectivity index (χ0v) is 21.5. The summed E-state index contributed by atoms with van der Waals surface area (Å²) in [5.41, 5.74) is 1.95. The molecular weight excluding hydrogens is 499 g/mol. The van der Waals surface area contributed by atoms with Crippen LogP contribution in [0.15, 0.2) is 54.0 Å². The normalized spacial score (nSPS) is 15.2. The number of anilines is 2. The molecule has 1 aliphatic heterocycles. The molecule has 1 saturated heterocycles. The van der Waals surface area contributed by atoms with E-state index in [1.165, 1.54) is 18.5 Å². The Morgan fingerprint density at radius 1 is 1.08 bits per heavy atom. The molecule has 0 radical (unpaired) electrons. The van der Waals surface area contributed by atoms with Crippen molar-refractivity contribution in [2.24, 2.45) is 0 Å². The second-order valence-electron chi connectivity index (χ2n) is 9.21. The maximum Gasteiger partial charge on any atom is 0.351 e. The van der Waals surface area contributed by atoms with Crippen LogP contribution in [0.2, 0.25) is 0 Å². The lowest BCUT2D eigenvalue weighted by Crippen LogP contribution is -2.53. The second-order valence-corrected chi connectivity index (χ2v) is 9.21. The van der Waals surface area contributed by atoms with Crippen LogP contribution >= 0.6 is 0 Å². The molecular formula is C27H25FN10O. The number of benzene rings is 1. The lowest BCUT2D eigenvalue weighted by atomic mass is 10.0.